The van der Waals surface area contributed by atoms with Crippen LogP contribution in [0.15, 0.2) is 84.2 Å². The smallest absolute Gasteiger partial charge is 0.331 e. The van der Waals surface area contributed by atoms with Crippen LogP contribution in [-0.2, 0) is 41.4 Å². The molecule has 0 amide bonds. The molecule has 9 heteroatoms. The predicted octanol–water partition coefficient (Wildman–Crippen LogP) is 5.34. The lowest BCUT2D eigenvalue weighted by Crippen LogP contribution is -2.71. The van der Waals surface area contributed by atoms with Gasteiger partial charge in [-0.05, 0) is 67.0 Å². The molecule has 0 radical (unpaired) electrons. The number of rotatable bonds is 9. The molecule has 0 spiro atoms. The van der Waals surface area contributed by atoms with Gasteiger partial charge in [0.2, 0.25) is 0 Å². The van der Waals surface area contributed by atoms with E-state index in [4.69, 9.17) is 23.7 Å². The van der Waals surface area contributed by atoms with E-state index in [1.807, 2.05) is 42.5 Å². The number of aliphatic hydroxyl groups is 1. The molecular weight excluding hydrogens is 588 g/mol. The van der Waals surface area contributed by atoms with Gasteiger partial charge in [0.1, 0.15) is 12.2 Å². The average Bonchev–Trinajstić information content (AvgIpc) is 3.16. The molecule has 1 heterocycles. The van der Waals surface area contributed by atoms with Gasteiger partial charge in [0, 0.05) is 18.3 Å². The van der Waals surface area contributed by atoms with Gasteiger partial charge >= 0.3 is 11.9 Å². The summed E-state index contributed by atoms with van der Waals surface area (Å²) in [6.45, 7) is 9.45. The number of phenols is 1. The molecule has 1 saturated carbocycles. The first-order chi connectivity index (χ1) is 21.9. The molecule has 3 aliphatic carbocycles. The van der Waals surface area contributed by atoms with Crippen LogP contribution < -0.4 is 4.74 Å². The van der Waals surface area contributed by atoms with Gasteiger partial charge in [0.15, 0.2) is 17.3 Å². The minimum Gasteiger partial charge on any atom is -0.504 e. The molecule has 244 valence electrons. The fraction of sp³-hybridized carbons (Fsp3) is 0.459. The summed E-state index contributed by atoms with van der Waals surface area (Å²) in [5, 5.41) is 22.3. The fourth-order valence-corrected chi connectivity index (χ4v) is 7.97. The lowest BCUT2D eigenvalue weighted by molar-refractivity contribution is -0.474. The summed E-state index contributed by atoms with van der Waals surface area (Å²) in [4.78, 5) is 26.8. The fourth-order valence-electron chi connectivity index (χ4n) is 7.97. The third-order valence-corrected chi connectivity index (χ3v) is 9.92. The van der Waals surface area contributed by atoms with Crippen molar-refractivity contribution in [3.8, 4) is 11.5 Å². The van der Waals surface area contributed by atoms with Crippen LogP contribution in [0, 0.1) is 17.8 Å². The van der Waals surface area contributed by atoms with Gasteiger partial charge in [-0.15, -0.1) is 0 Å². The summed E-state index contributed by atoms with van der Waals surface area (Å²) in [5.74, 6) is -2.88. The molecule has 46 heavy (non-hydrogen) atoms. The minimum atomic E-state index is -1.81. The first-order valence-corrected chi connectivity index (χ1v) is 15.8. The first-order valence-electron chi connectivity index (χ1n) is 15.8. The van der Waals surface area contributed by atoms with Crippen LogP contribution in [0.3, 0.4) is 0 Å². The van der Waals surface area contributed by atoms with Gasteiger partial charge in [-0.1, -0.05) is 62.1 Å². The van der Waals surface area contributed by atoms with Crippen LogP contribution in [0.2, 0.25) is 0 Å². The minimum absolute atomic E-state index is 0.0151. The standard InChI is InChI=1S/C37H42O9/c1-22(2)44-36(20-25-9-7-6-8-10-25)45-30-14-11-24(4)37(46-36)28(30)16-27(19-35(41)32(37)15-23(3)34(35)40)21-43-33(39)18-26-12-13-29(38)31(17-26)42-5/h6-10,12-13,15-17,24,28,30,32,38,41H,1,11,14,18-21H2,2-5H3/t24-,28?,30?,32?,35-,36-,37-/m1/s1. The highest BCUT2D eigenvalue weighted by Gasteiger charge is 2.70. The SMILES string of the molecule is C=C(C)O[C@]1(Cc2ccccc2)OC2CC[C@@H](C)[C@@]3(O1)C2C=C(COC(=O)Cc1ccc(O)c(OC)c1)C[C@]1(O)C(=O)C(C)=CC31. The molecule has 6 rings (SSSR count). The van der Waals surface area contributed by atoms with E-state index < -0.39 is 29.1 Å². The largest absolute Gasteiger partial charge is 0.504 e. The number of ether oxygens (including phenoxy) is 5. The van der Waals surface area contributed by atoms with Crippen molar-refractivity contribution in [2.75, 3.05) is 13.7 Å². The number of methoxy groups -OCH3 is 1. The van der Waals surface area contributed by atoms with Crippen molar-refractivity contribution in [2.45, 2.75) is 76.2 Å². The normalized spacial score (nSPS) is 33.1. The number of fused-ring (bicyclic) bond motifs is 1. The van der Waals surface area contributed by atoms with Crippen molar-refractivity contribution in [1.29, 1.82) is 0 Å². The lowest BCUT2D eigenvalue weighted by Gasteiger charge is -2.61. The molecule has 3 unspecified atom stereocenters. The molecule has 9 nitrogen and oxygen atoms in total. The van der Waals surface area contributed by atoms with Crippen molar-refractivity contribution in [2.24, 2.45) is 17.8 Å². The second kappa shape index (κ2) is 12.0. The Labute approximate surface area is 269 Å². The molecule has 4 aliphatic rings. The van der Waals surface area contributed by atoms with Crippen LogP contribution in [0.25, 0.3) is 0 Å². The molecule has 2 aromatic carbocycles. The zero-order valence-corrected chi connectivity index (χ0v) is 26.8. The number of benzene rings is 2. The number of ketones is 1. The van der Waals surface area contributed by atoms with E-state index in [1.165, 1.54) is 13.2 Å². The number of phenolic OH excluding ortho intramolecular Hbond substituents is 1. The van der Waals surface area contributed by atoms with E-state index in [0.717, 1.165) is 12.0 Å². The third-order valence-electron chi connectivity index (χ3n) is 9.92. The number of carbonyl (C=O) groups excluding carboxylic acids is 2. The number of esters is 1. The Hall–Kier alpha value is -3.92. The Morgan fingerprint density at radius 3 is 2.59 bits per heavy atom. The molecule has 2 bridgehead atoms. The van der Waals surface area contributed by atoms with Gasteiger partial charge in [-0.2, -0.15) is 0 Å². The molecular formula is C37H42O9. The first kappa shape index (κ1) is 32.0. The summed E-state index contributed by atoms with van der Waals surface area (Å²) < 4.78 is 31.1. The van der Waals surface area contributed by atoms with Gasteiger partial charge in [0.05, 0.1) is 37.4 Å². The molecule has 2 fully saturated rings. The quantitative estimate of drug-likeness (QED) is 0.215. The van der Waals surface area contributed by atoms with Crippen molar-refractivity contribution in [3.05, 3.63) is 95.3 Å². The van der Waals surface area contributed by atoms with E-state index >= 15 is 0 Å². The predicted molar refractivity (Wildman–Crippen MR) is 169 cm³/mol. The highest BCUT2D eigenvalue weighted by molar-refractivity contribution is 6.04. The highest BCUT2D eigenvalue weighted by Crippen LogP contribution is 2.61. The maximum absolute atomic E-state index is 13.8. The van der Waals surface area contributed by atoms with Crippen LogP contribution >= 0.6 is 0 Å². The summed E-state index contributed by atoms with van der Waals surface area (Å²) in [6.07, 6.45) is 5.17. The highest BCUT2D eigenvalue weighted by atomic mass is 16.9. The number of Topliss-reactive ketones (excluding diaryl/α,β-unsaturated/α-hetero) is 1. The number of hydrogen-bond acceptors (Lipinski definition) is 9. The number of carbonyl (C=O) groups is 2. The molecule has 2 N–H and O–H groups in total. The van der Waals surface area contributed by atoms with E-state index in [9.17, 15) is 19.8 Å². The zero-order valence-electron chi connectivity index (χ0n) is 26.8. The van der Waals surface area contributed by atoms with Crippen LogP contribution in [0.5, 0.6) is 11.5 Å². The molecule has 7 atom stereocenters. The Morgan fingerprint density at radius 2 is 1.87 bits per heavy atom. The van der Waals surface area contributed by atoms with Crippen molar-refractivity contribution in [3.63, 3.8) is 0 Å². The zero-order chi connectivity index (χ0) is 32.9. The Morgan fingerprint density at radius 1 is 1.11 bits per heavy atom. The van der Waals surface area contributed by atoms with Gasteiger partial charge in [0.25, 0.3) is 0 Å². The Bertz CT molecular complexity index is 1590. The topological polar surface area (TPSA) is 121 Å². The average molecular weight is 631 g/mol. The third kappa shape index (κ3) is 5.54. The molecule has 1 saturated heterocycles. The van der Waals surface area contributed by atoms with Gasteiger partial charge in [-0.25, -0.2) is 0 Å². The molecule has 0 aromatic heterocycles. The maximum Gasteiger partial charge on any atom is 0.331 e. The van der Waals surface area contributed by atoms with Crippen LogP contribution in [0.1, 0.15) is 51.2 Å². The molecule has 1 aliphatic heterocycles. The summed E-state index contributed by atoms with van der Waals surface area (Å²) in [6, 6.07) is 14.4. The summed E-state index contributed by atoms with van der Waals surface area (Å²) in [5.41, 5.74) is -0.230. The monoisotopic (exact) mass is 630 g/mol. The van der Waals surface area contributed by atoms with Crippen molar-refractivity contribution in [1.82, 2.24) is 0 Å². The van der Waals surface area contributed by atoms with Crippen LogP contribution in [0.4, 0.5) is 0 Å². The van der Waals surface area contributed by atoms with Crippen molar-refractivity contribution < 1.29 is 43.5 Å². The van der Waals surface area contributed by atoms with E-state index in [1.54, 1.807) is 26.0 Å². The summed E-state index contributed by atoms with van der Waals surface area (Å²) in [7, 11) is 1.44. The summed E-state index contributed by atoms with van der Waals surface area (Å²) >= 11 is 0. The van der Waals surface area contributed by atoms with E-state index in [-0.39, 0.29) is 61.1 Å². The Balaban J connectivity index is 1.36. The lowest BCUT2D eigenvalue weighted by atomic mass is 9.59. The maximum atomic E-state index is 13.8. The van der Waals surface area contributed by atoms with Gasteiger partial charge < -0.3 is 33.9 Å². The number of hydrogen-bond donors (Lipinski definition) is 2. The second-order valence-corrected chi connectivity index (χ2v) is 13.2. The number of allylic oxidation sites excluding steroid dienone is 1. The van der Waals surface area contributed by atoms with E-state index in [0.29, 0.717) is 28.9 Å². The van der Waals surface area contributed by atoms with Gasteiger partial charge in [-0.3, -0.25) is 9.59 Å². The van der Waals surface area contributed by atoms with Crippen molar-refractivity contribution >= 4 is 11.8 Å². The second-order valence-electron chi connectivity index (χ2n) is 13.2. The Kier molecular flexibility index (Phi) is 8.38. The number of aromatic hydroxyl groups is 1. The molecule has 2 aromatic rings. The van der Waals surface area contributed by atoms with Crippen LogP contribution in [-0.4, -0.2) is 59.0 Å². The van der Waals surface area contributed by atoms with E-state index in [2.05, 4.69) is 13.5 Å².